The van der Waals surface area contributed by atoms with Gasteiger partial charge in [0.2, 0.25) is 0 Å². The molecule has 0 N–H and O–H groups in total. The van der Waals surface area contributed by atoms with E-state index in [-0.39, 0.29) is 18.3 Å². The summed E-state index contributed by atoms with van der Waals surface area (Å²) in [6.45, 7) is 1.85. The molecule has 0 saturated carbocycles. The zero-order chi connectivity index (χ0) is 15.3. The van der Waals surface area contributed by atoms with Crippen LogP contribution in [0, 0.1) is 0 Å². The third-order valence-corrected chi connectivity index (χ3v) is 3.10. The van der Waals surface area contributed by atoms with Crippen LogP contribution in [0.1, 0.15) is 12.0 Å². The van der Waals surface area contributed by atoms with E-state index in [1.54, 1.807) is 4.90 Å². The molecule has 1 fully saturated rings. The molecule has 4 nitrogen and oxygen atoms in total. The number of ether oxygens (including phenoxy) is 2. The van der Waals surface area contributed by atoms with Crippen LogP contribution < -0.4 is 4.74 Å². The predicted molar refractivity (Wildman–Crippen MR) is 69.0 cm³/mol. The van der Waals surface area contributed by atoms with E-state index in [0.717, 1.165) is 18.6 Å². The molecule has 0 aliphatic carbocycles. The quantitative estimate of drug-likeness (QED) is 0.860. The molecule has 0 unspecified atom stereocenters. The molecular formula is C14H16F3NO3. The Hall–Kier alpha value is -1.76. The zero-order valence-corrected chi connectivity index (χ0v) is 11.4. The van der Waals surface area contributed by atoms with Gasteiger partial charge in [0.05, 0.1) is 12.2 Å². The highest BCUT2D eigenvalue weighted by Crippen LogP contribution is 2.31. The summed E-state index contributed by atoms with van der Waals surface area (Å²) in [5, 5.41) is 0. The molecule has 0 aromatic heterocycles. The van der Waals surface area contributed by atoms with Crippen LogP contribution in [-0.2, 0) is 15.7 Å². The van der Waals surface area contributed by atoms with E-state index < -0.39 is 11.7 Å². The summed E-state index contributed by atoms with van der Waals surface area (Å²) in [4.78, 5) is 13.5. The van der Waals surface area contributed by atoms with Crippen molar-refractivity contribution in [2.24, 2.45) is 0 Å². The molecule has 1 amide bonds. The van der Waals surface area contributed by atoms with Crippen molar-refractivity contribution in [2.45, 2.75) is 12.6 Å². The number of nitrogens with zero attached hydrogens (tertiary/aromatic N) is 1. The molecule has 2 rings (SSSR count). The molecule has 0 spiro atoms. The Bertz CT molecular complexity index is 483. The first-order valence-corrected chi connectivity index (χ1v) is 6.62. The second-order valence-corrected chi connectivity index (χ2v) is 4.66. The van der Waals surface area contributed by atoms with Gasteiger partial charge in [0.15, 0.2) is 6.61 Å². The summed E-state index contributed by atoms with van der Waals surface area (Å²) in [6, 6.07) is 4.50. The lowest BCUT2D eigenvalue weighted by Crippen LogP contribution is -2.36. The van der Waals surface area contributed by atoms with E-state index in [2.05, 4.69) is 0 Å². The maximum Gasteiger partial charge on any atom is 0.416 e. The second-order valence-electron chi connectivity index (χ2n) is 4.66. The first-order chi connectivity index (χ1) is 9.97. The monoisotopic (exact) mass is 303 g/mol. The lowest BCUT2D eigenvalue weighted by atomic mass is 10.2. The third kappa shape index (κ3) is 4.63. The van der Waals surface area contributed by atoms with Gasteiger partial charge in [-0.15, -0.1) is 0 Å². The SMILES string of the molecule is O=C(COc1cccc(C(F)(F)F)c1)N1CCCOCC1. The van der Waals surface area contributed by atoms with Crippen LogP contribution >= 0.6 is 0 Å². The van der Waals surface area contributed by atoms with Crippen molar-refractivity contribution in [3.05, 3.63) is 29.8 Å². The van der Waals surface area contributed by atoms with E-state index in [9.17, 15) is 18.0 Å². The van der Waals surface area contributed by atoms with Crippen LogP contribution in [0.3, 0.4) is 0 Å². The fourth-order valence-corrected chi connectivity index (χ4v) is 1.99. The largest absolute Gasteiger partial charge is 0.484 e. The number of alkyl halides is 3. The number of hydrogen-bond donors (Lipinski definition) is 0. The standard InChI is InChI=1S/C14H16F3NO3/c15-14(16,17)11-3-1-4-12(9-11)21-10-13(19)18-5-2-7-20-8-6-18/h1,3-4,9H,2,5-8,10H2. The van der Waals surface area contributed by atoms with Gasteiger partial charge in [-0.3, -0.25) is 4.79 Å². The number of amides is 1. The van der Waals surface area contributed by atoms with Crippen LogP contribution in [0.15, 0.2) is 24.3 Å². The zero-order valence-electron chi connectivity index (χ0n) is 11.4. The molecule has 1 aliphatic rings. The van der Waals surface area contributed by atoms with Gasteiger partial charge in [-0.1, -0.05) is 6.07 Å². The topological polar surface area (TPSA) is 38.8 Å². The molecule has 116 valence electrons. The lowest BCUT2D eigenvalue weighted by molar-refractivity contribution is -0.137. The molecule has 1 aromatic rings. The second kappa shape index (κ2) is 6.80. The average molecular weight is 303 g/mol. The van der Waals surface area contributed by atoms with Crippen LogP contribution in [0.5, 0.6) is 5.75 Å². The van der Waals surface area contributed by atoms with Gasteiger partial charge in [-0.05, 0) is 24.6 Å². The molecule has 0 radical (unpaired) electrons. The van der Waals surface area contributed by atoms with Gasteiger partial charge >= 0.3 is 6.18 Å². The van der Waals surface area contributed by atoms with Crippen molar-refractivity contribution in [3.8, 4) is 5.75 Å². The highest BCUT2D eigenvalue weighted by molar-refractivity contribution is 5.77. The predicted octanol–water partition coefficient (Wildman–Crippen LogP) is 2.33. The molecule has 1 saturated heterocycles. The molecule has 21 heavy (non-hydrogen) atoms. The summed E-state index contributed by atoms with van der Waals surface area (Å²) >= 11 is 0. The number of hydrogen-bond acceptors (Lipinski definition) is 3. The van der Waals surface area contributed by atoms with Gasteiger partial charge in [0, 0.05) is 19.7 Å². The summed E-state index contributed by atoms with van der Waals surface area (Å²) in [6.07, 6.45) is -3.68. The summed E-state index contributed by atoms with van der Waals surface area (Å²) < 4.78 is 48.1. The molecule has 1 heterocycles. The van der Waals surface area contributed by atoms with Gasteiger partial charge in [-0.2, -0.15) is 13.2 Å². The van der Waals surface area contributed by atoms with Crippen molar-refractivity contribution < 1.29 is 27.4 Å². The Kier molecular flexibility index (Phi) is 5.06. The molecule has 0 bridgehead atoms. The summed E-state index contributed by atoms with van der Waals surface area (Å²) in [7, 11) is 0. The average Bonchev–Trinajstić information content (AvgIpc) is 2.73. The normalized spacial score (nSPS) is 16.4. The van der Waals surface area contributed by atoms with Crippen LogP contribution in [0.2, 0.25) is 0 Å². The minimum Gasteiger partial charge on any atom is -0.484 e. The lowest BCUT2D eigenvalue weighted by Gasteiger charge is -2.19. The maximum absolute atomic E-state index is 12.6. The molecule has 0 atom stereocenters. The Morgan fingerprint density at radius 2 is 2.10 bits per heavy atom. The first kappa shape index (κ1) is 15.6. The molecule has 1 aromatic carbocycles. The van der Waals surface area contributed by atoms with Gasteiger partial charge in [0.1, 0.15) is 5.75 Å². The minimum atomic E-state index is -4.43. The number of rotatable bonds is 3. The van der Waals surface area contributed by atoms with E-state index in [0.29, 0.717) is 26.3 Å². The maximum atomic E-state index is 12.6. The van der Waals surface area contributed by atoms with E-state index >= 15 is 0 Å². The van der Waals surface area contributed by atoms with E-state index in [1.165, 1.54) is 12.1 Å². The summed E-state index contributed by atoms with van der Waals surface area (Å²) in [5.74, 6) is -0.220. The Balaban J connectivity index is 1.91. The third-order valence-electron chi connectivity index (χ3n) is 3.10. The summed E-state index contributed by atoms with van der Waals surface area (Å²) in [5.41, 5.74) is -0.796. The Morgan fingerprint density at radius 3 is 2.86 bits per heavy atom. The van der Waals surface area contributed by atoms with Crippen molar-refractivity contribution >= 4 is 5.91 Å². The fraction of sp³-hybridized carbons (Fsp3) is 0.500. The fourth-order valence-electron chi connectivity index (χ4n) is 1.99. The van der Waals surface area contributed by atoms with Crippen LogP contribution in [-0.4, -0.2) is 43.7 Å². The van der Waals surface area contributed by atoms with Gasteiger partial charge < -0.3 is 14.4 Å². The van der Waals surface area contributed by atoms with Crippen molar-refractivity contribution in [3.63, 3.8) is 0 Å². The molecular weight excluding hydrogens is 287 g/mol. The highest BCUT2D eigenvalue weighted by atomic mass is 19.4. The first-order valence-electron chi connectivity index (χ1n) is 6.62. The number of halogens is 3. The van der Waals surface area contributed by atoms with Crippen LogP contribution in [0.4, 0.5) is 13.2 Å². The van der Waals surface area contributed by atoms with Gasteiger partial charge in [-0.25, -0.2) is 0 Å². The van der Waals surface area contributed by atoms with Crippen molar-refractivity contribution in [2.75, 3.05) is 32.9 Å². The number of benzene rings is 1. The highest BCUT2D eigenvalue weighted by Gasteiger charge is 2.30. The van der Waals surface area contributed by atoms with Gasteiger partial charge in [0.25, 0.3) is 5.91 Å². The molecule has 7 heteroatoms. The molecule has 1 aliphatic heterocycles. The van der Waals surface area contributed by atoms with Crippen molar-refractivity contribution in [1.29, 1.82) is 0 Å². The minimum absolute atomic E-state index is 0.0317. The van der Waals surface area contributed by atoms with E-state index in [1.807, 2.05) is 0 Å². The number of carbonyl (C=O) groups excluding carboxylic acids is 1. The smallest absolute Gasteiger partial charge is 0.416 e. The van der Waals surface area contributed by atoms with E-state index in [4.69, 9.17) is 9.47 Å². The number of carbonyl (C=O) groups is 1. The Labute approximate surface area is 120 Å². The van der Waals surface area contributed by atoms with Crippen molar-refractivity contribution in [1.82, 2.24) is 4.90 Å². The van der Waals surface area contributed by atoms with Crippen LogP contribution in [0.25, 0.3) is 0 Å². The Morgan fingerprint density at radius 1 is 1.29 bits per heavy atom.